The number of nitrogens with one attached hydrogen (secondary N) is 2. The Balaban J connectivity index is 2.84. The van der Waals surface area contributed by atoms with Crippen molar-refractivity contribution < 1.29 is 14.7 Å². The molecule has 0 aromatic heterocycles. The molecule has 18 heavy (non-hydrogen) atoms. The number of carboxylic acid groups (broad SMARTS) is 1. The second kappa shape index (κ2) is 6.07. The summed E-state index contributed by atoms with van der Waals surface area (Å²) >= 11 is 5.50. The number of carbonyl (C=O) groups excluding carboxylic acids is 1. The molecule has 0 aliphatic rings. The minimum Gasteiger partial charge on any atom is -0.478 e. The van der Waals surface area contributed by atoms with Gasteiger partial charge in [0.1, 0.15) is 0 Å². The zero-order chi connectivity index (χ0) is 13.7. The van der Waals surface area contributed by atoms with Gasteiger partial charge in [0.25, 0.3) is 0 Å². The SMILES string of the molecule is C=C(Cl)CNC(=O)Nc1cccc(C)c1C(=O)O. The smallest absolute Gasteiger partial charge is 0.338 e. The predicted octanol–water partition coefficient (Wildman–Crippen LogP) is 2.57. The molecular weight excluding hydrogens is 256 g/mol. The number of hydrogen-bond donors (Lipinski definition) is 3. The molecule has 1 rings (SSSR count). The molecule has 0 saturated heterocycles. The second-order valence-corrected chi connectivity index (χ2v) is 4.16. The predicted molar refractivity (Wildman–Crippen MR) is 70.2 cm³/mol. The molecule has 0 saturated carbocycles. The highest BCUT2D eigenvalue weighted by Crippen LogP contribution is 2.19. The first-order chi connectivity index (χ1) is 8.41. The Morgan fingerprint density at radius 1 is 1.44 bits per heavy atom. The van der Waals surface area contributed by atoms with E-state index in [-0.39, 0.29) is 22.8 Å². The number of urea groups is 1. The molecule has 0 bridgehead atoms. The van der Waals surface area contributed by atoms with Gasteiger partial charge in [0.15, 0.2) is 0 Å². The number of hydrogen-bond acceptors (Lipinski definition) is 2. The third-order valence-electron chi connectivity index (χ3n) is 2.18. The van der Waals surface area contributed by atoms with Gasteiger partial charge >= 0.3 is 12.0 Å². The number of anilines is 1. The van der Waals surface area contributed by atoms with E-state index in [9.17, 15) is 9.59 Å². The number of amides is 2. The lowest BCUT2D eigenvalue weighted by Gasteiger charge is -2.11. The molecular formula is C12H13ClN2O3. The Morgan fingerprint density at radius 3 is 2.67 bits per heavy atom. The fourth-order valence-corrected chi connectivity index (χ4v) is 1.47. The number of halogens is 1. The van der Waals surface area contributed by atoms with Gasteiger partial charge < -0.3 is 15.7 Å². The summed E-state index contributed by atoms with van der Waals surface area (Å²) in [4.78, 5) is 22.6. The van der Waals surface area contributed by atoms with Gasteiger partial charge in [-0.25, -0.2) is 9.59 Å². The molecule has 5 nitrogen and oxygen atoms in total. The van der Waals surface area contributed by atoms with E-state index in [1.807, 2.05) is 0 Å². The van der Waals surface area contributed by atoms with Crippen molar-refractivity contribution in [3.63, 3.8) is 0 Å². The van der Waals surface area contributed by atoms with Gasteiger partial charge in [0.05, 0.1) is 17.8 Å². The van der Waals surface area contributed by atoms with Crippen molar-refractivity contribution >= 4 is 29.3 Å². The largest absolute Gasteiger partial charge is 0.478 e. The maximum absolute atomic E-state index is 11.5. The van der Waals surface area contributed by atoms with E-state index in [4.69, 9.17) is 16.7 Å². The lowest BCUT2D eigenvalue weighted by molar-refractivity contribution is 0.0697. The number of aryl methyl sites for hydroxylation is 1. The molecule has 0 unspecified atom stereocenters. The highest BCUT2D eigenvalue weighted by atomic mass is 35.5. The van der Waals surface area contributed by atoms with E-state index in [1.54, 1.807) is 19.1 Å². The summed E-state index contributed by atoms with van der Waals surface area (Å²) in [5, 5.41) is 14.3. The van der Waals surface area contributed by atoms with Gasteiger partial charge in [-0.3, -0.25) is 0 Å². The Labute approximate surface area is 109 Å². The summed E-state index contributed by atoms with van der Waals surface area (Å²) in [6.45, 7) is 5.20. The molecule has 0 aliphatic carbocycles. The molecule has 1 aromatic carbocycles. The van der Waals surface area contributed by atoms with Gasteiger partial charge in [0.2, 0.25) is 0 Å². The number of carboxylic acids is 1. The molecule has 1 aromatic rings. The summed E-state index contributed by atoms with van der Waals surface area (Å²) in [6, 6.07) is 4.31. The van der Waals surface area contributed by atoms with Gasteiger partial charge in [-0.15, -0.1) is 0 Å². The Kier molecular flexibility index (Phi) is 4.74. The van der Waals surface area contributed by atoms with Crippen molar-refractivity contribution in [1.82, 2.24) is 5.32 Å². The Hall–Kier alpha value is -2.01. The van der Waals surface area contributed by atoms with Gasteiger partial charge in [-0.05, 0) is 18.6 Å². The molecule has 2 amide bonds. The van der Waals surface area contributed by atoms with Crippen molar-refractivity contribution in [3.05, 3.63) is 40.9 Å². The Bertz CT molecular complexity index is 500. The maximum atomic E-state index is 11.5. The molecule has 6 heteroatoms. The van der Waals surface area contributed by atoms with Crippen molar-refractivity contribution in [2.75, 3.05) is 11.9 Å². The second-order valence-electron chi connectivity index (χ2n) is 3.63. The van der Waals surface area contributed by atoms with Crippen LogP contribution in [0.5, 0.6) is 0 Å². The fourth-order valence-electron chi connectivity index (χ4n) is 1.40. The molecule has 0 heterocycles. The molecule has 0 atom stereocenters. The standard InChI is InChI=1S/C12H13ClN2O3/c1-7-4-3-5-9(10(7)11(16)17)15-12(18)14-6-8(2)13/h3-5H,2,6H2,1H3,(H,16,17)(H2,14,15,18). The number of aromatic carboxylic acids is 1. The van der Waals surface area contributed by atoms with E-state index in [0.29, 0.717) is 5.56 Å². The highest BCUT2D eigenvalue weighted by molar-refractivity contribution is 6.29. The van der Waals surface area contributed by atoms with Crippen LogP contribution in [0.2, 0.25) is 0 Å². The fraction of sp³-hybridized carbons (Fsp3) is 0.167. The quantitative estimate of drug-likeness (QED) is 0.785. The van der Waals surface area contributed by atoms with Crippen LogP contribution in [-0.2, 0) is 0 Å². The summed E-state index contributed by atoms with van der Waals surface area (Å²) < 4.78 is 0. The minimum absolute atomic E-state index is 0.0670. The van der Waals surface area contributed by atoms with E-state index in [1.165, 1.54) is 6.07 Å². The molecule has 0 spiro atoms. The van der Waals surface area contributed by atoms with Crippen LogP contribution in [0, 0.1) is 6.92 Å². The zero-order valence-electron chi connectivity index (χ0n) is 9.79. The lowest BCUT2D eigenvalue weighted by atomic mass is 10.1. The average molecular weight is 269 g/mol. The van der Waals surface area contributed by atoms with Crippen LogP contribution in [0.15, 0.2) is 29.8 Å². The lowest BCUT2D eigenvalue weighted by Crippen LogP contribution is -2.30. The number of rotatable bonds is 4. The monoisotopic (exact) mass is 268 g/mol. The molecule has 3 N–H and O–H groups in total. The molecule has 0 radical (unpaired) electrons. The van der Waals surface area contributed by atoms with Crippen molar-refractivity contribution in [2.45, 2.75) is 6.92 Å². The van der Waals surface area contributed by atoms with Gasteiger partial charge in [-0.1, -0.05) is 30.3 Å². The van der Waals surface area contributed by atoms with E-state index in [0.717, 1.165) is 0 Å². The van der Waals surface area contributed by atoms with E-state index in [2.05, 4.69) is 17.2 Å². The normalized spacial score (nSPS) is 9.67. The average Bonchev–Trinajstić information content (AvgIpc) is 2.26. The summed E-state index contributed by atoms with van der Waals surface area (Å²) in [5.74, 6) is -1.09. The number of benzene rings is 1. The van der Waals surface area contributed by atoms with Crippen LogP contribution in [-0.4, -0.2) is 23.7 Å². The first-order valence-electron chi connectivity index (χ1n) is 5.13. The molecule has 96 valence electrons. The maximum Gasteiger partial charge on any atom is 0.338 e. The summed E-state index contributed by atoms with van der Waals surface area (Å²) in [5.41, 5.74) is 0.875. The van der Waals surface area contributed by atoms with Crippen molar-refractivity contribution in [1.29, 1.82) is 0 Å². The first-order valence-corrected chi connectivity index (χ1v) is 5.50. The topological polar surface area (TPSA) is 78.4 Å². The minimum atomic E-state index is -1.09. The van der Waals surface area contributed by atoms with Crippen LogP contribution < -0.4 is 10.6 Å². The zero-order valence-corrected chi connectivity index (χ0v) is 10.5. The van der Waals surface area contributed by atoms with Crippen LogP contribution in [0.1, 0.15) is 15.9 Å². The first kappa shape index (κ1) is 14.1. The van der Waals surface area contributed by atoms with E-state index < -0.39 is 12.0 Å². The van der Waals surface area contributed by atoms with Crippen LogP contribution in [0.4, 0.5) is 10.5 Å². The van der Waals surface area contributed by atoms with Crippen LogP contribution in [0.3, 0.4) is 0 Å². The number of carbonyl (C=O) groups is 2. The van der Waals surface area contributed by atoms with Gasteiger partial charge in [-0.2, -0.15) is 0 Å². The molecule has 0 aliphatic heterocycles. The summed E-state index contributed by atoms with van der Waals surface area (Å²) in [6.07, 6.45) is 0. The van der Waals surface area contributed by atoms with Crippen molar-refractivity contribution in [3.8, 4) is 0 Å². The van der Waals surface area contributed by atoms with Crippen molar-refractivity contribution in [2.24, 2.45) is 0 Å². The van der Waals surface area contributed by atoms with Gasteiger partial charge in [0, 0.05) is 5.03 Å². The molecule has 0 fully saturated rings. The van der Waals surface area contributed by atoms with E-state index >= 15 is 0 Å². The Morgan fingerprint density at radius 2 is 2.11 bits per heavy atom. The highest BCUT2D eigenvalue weighted by Gasteiger charge is 2.14. The van der Waals surface area contributed by atoms with Crippen LogP contribution in [0.25, 0.3) is 0 Å². The van der Waals surface area contributed by atoms with Crippen LogP contribution >= 0.6 is 11.6 Å². The third-order valence-corrected chi connectivity index (χ3v) is 2.31. The summed E-state index contributed by atoms with van der Waals surface area (Å²) in [7, 11) is 0. The third kappa shape index (κ3) is 3.78.